The van der Waals surface area contributed by atoms with Crippen LogP contribution in [0, 0.1) is 5.82 Å². The SMILES string of the molecule is CCCC(C)Nc1ccc(F)cc1S(=O)(=O)C(F)(F)F. The monoisotopic (exact) mass is 313 g/mol. The fourth-order valence-corrected chi connectivity index (χ4v) is 2.67. The molecule has 1 N–H and O–H groups in total. The van der Waals surface area contributed by atoms with Crippen molar-refractivity contribution in [2.24, 2.45) is 0 Å². The van der Waals surface area contributed by atoms with Gasteiger partial charge < -0.3 is 5.32 Å². The van der Waals surface area contributed by atoms with Crippen LogP contribution < -0.4 is 5.32 Å². The molecule has 0 bridgehead atoms. The first-order valence-corrected chi connectivity index (χ1v) is 7.45. The maximum Gasteiger partial charge on any atom is 0.501 e. The number of hydrogen-bond acceptors (Lipinski definition) is 3. The van der Waals surface area contributed by atoms with E-state index in [1.165, 1.54) is 0 Å². The van der Waals surface area contributed by atoms with Crippen LogP contribution in [0.4, 0.5) is 23.2 Å². The molecule has 1 atom stereocenters. The van der Waals surface area contributed by atoms with Crippen LogP contribution in [-0.2, 0) is 9.84 Å². The minimum absolute atomic E-state index is 0.229. The number of rotatable bonds is 5. The van der Waals surface area contributed by atoms with Crippen molar-refractivity contribution in [1.82, 2.24) is 0 Å². The molecule has 0 radical (unpaired) electrons. The predicted octanol–water partition coefficient (Wildman–Crippen LogP) is 3.72. The van der Waals surface area contributed by atoms with E-state index < -0.39 is 26.1 Å². The molecular formula is C12H15F4NO2S. The lowest BCUT2D eigenvalue weighted by Gasteiger charge is -2.18. The highest BCUT2D eigenvalue weighted by molar-refractivity contribution is 7.92. The van der Waals surface area contributed by atoms with Crippen molar-refractivity contribution >= 4 is 15.5 Å². The van der Waals surface area contributed by atoms with Gasteiger partial charge in [0, 0.05) is 6.04 Å². The van der Waals surface area contributed by atoms with Crippen molar-refractivity contribution in [1.29, 1.82) is 0 Å². The van der Waals surface area contributed by atoms with E-state index in [2.05, 4.69) is 5.32 Å². The minimum Gasteiger partial charge on any atom is -0.382 e. The summed E-state index contributed by atoms with van der Waals surface area (Å²) in [5.41, 5.74) is -5.71. The maximum atomic E-state index is 13.1. The predicted molar refractivity (Wildman–Crippen MR) is 67.6 cm³/mol. The molecule has 0 spiro atoms. The Labute approximate surface area is 114 Å². The minimum atomic E-state index is -5.59. The summed E-state index contributed by atoms with van der Waals surface area (Å²) in [5, 5.41) is 2.67. The molecule has 1 aromatic rings. The van der Waals surface area contributed by atoms with Gasteiger partial charge in [-0.05, 0) is 31.5 Å². The van der Waals surface area contributed by atoms with E-state index in [0.29, 0.717) is 12.5 Å². The number of nitrogens with one attached hydrogen (secondary N) is 1. The molecule has 0 fully saturated rings. The average Bonchev–Trinajstić information content (AvgIpc) is 2.30. The highest BCUT2D eigenvalue weighted by Crippen LogP contribution is 2.35. The molecule has 1 unspecified atom stereocenters. The Hall–Kier alpha value is -1.31. The summed E-state index contributed by atoms with van der Waals surface area (Å²) in [6.07, 6.45) is 1.42. The molecular weight excluding hydrogens is 298 g/mol. The molecule has 0 aromatic heterocycles. The highest BCUT2D eigenvalue weighted by Gasteiger charge is 2.48. The van der Waals surface area contributed by atoms with Gasteiger partial charge >= 0.3 is 5.51 Å². The molecule has 8 heteroatoms. The first-order chi connectivity index (χ1) is 9.09. The molecule has 1 rings (SSSR count). The largest absolute Gasteiger partial charge is 0.501 e. The van der Waals surface area contributed by atoms with E-state index in [4.69, 9.17) is 0 Å². The first-order valence-electron chi connectivity index (χ1n) is 5.97. The summed E-state index contributed by atoms with van der Waals surface area (Å²) >= 11 is 0. The van der Waals surface area contributed by atoms with E-state index >= 15 is 0 Å². The van der Waals surface area contributed by atoms with Crippen LogP contribution in [0.1, 0.15) is 26.7 Å². The van der Waals surface area contributed by atoms with Gasteiger partial charge in [0.2, 0.25) is 0 Å². The van der Waals surface area contributed by atoms with Gasteiger partial charge in [0.1, 0.15) is 10.7 Å². The van der Waals surface area contributed by atoms with Gasteiger partial charge in [-0.3, -0.25) is 0 Å². The molecule has 114 valence electrons. The smallest absolute Gasteiger partial charge is 0.382 e. The van der Waals surface area contributed by atoms with Gasteiger partial charge in [0.15, 0.2) is 0 Å². The van der Waals surface area contributed by atoms with Gasteiger partial charge in [0.05, 0.1) is 5.69 Å². The van der Waals surface area contributed by atoms with Crippen LogP contribution in [-0.4, -0.2) is 20.0 Å². The lowest BCUT2D eigenvalue weighted by Crippen LogP contribution is -2.25. The van der Waals surface area contributed by atoms with Gasteiger partial charge in [-0.25, -0.2) is 12.8 Å². The van der Waals surface area contributed by atoms with Gasteiger partial charge in [-0.15, -0.1) is 0 Å². The lowest BCUT2D eigenvalue weighted by atomic mass is 10.2. The van der Waals surface area contributed by atoms with Crippen LogP contribution in [0.15, 0.2) is 23.1 Å². The molecule has 0 amide bonds. The second kappa shape index (κ2) is 5.99. The van der Waals surface area contributed by atoms with Crippen LogP contribution >= 0.6 is 0 Å². The molecule has 0 heterocycles. The summed E-state index contributed by atoms with van der Waals surface area (Å²) in [4.78, 5) is -1.09. The second-order valence-corrected chi connectivity index (χ2v) is 6.33. The topological polar surface area (TPSA) is 46.2 Å². The van der Waals surface area contributed by atoms with E-state index in [0.717, 1.165) is 18.6 Å². The van der Waals surface area contributed by atoms with Gasteiger partial charge in [0.25, 0.3) is 9.84 Å². The summed E-state index contributed by atoms with van der Waals surface area (Å²) < 4.78 is 73.7. The molecule has 1 aromatic carbocycles. The number of benzene rings is 1. The average molecular weight is 313 g/mol. The lowest BCUT2D eigenvalue weighted by molar-refractivity contribution is -0.0435. The fraction of sp³-hybridized carbons (Fsp3) is 0.500. The summed E-state index contributed by atoms with van der Waals surface area (Å²) in [6.45, 7) is 3.59. The number of alkyl halides is 3. The fourth-order valence-electron chi connectivity index (χ4n) is 1.73. The van der Waals surface area contributed by atoms with Crippen molar-refractivity contribution in [3.8, 4) is 0 Å². The molecule has 0 saturated heterocycles. The Morgan fingerprint density at radius 1 is 1.30 bits per heavy atom. The quantitative estimate of drug-likeness (QED) is 0.843. The summed E-state index contributed by atoms with van der Waals surface area (Å²) in [6, 6.07) is 2.06. The van der Waals surface area contributed by atoms with Crippen molar-refractivity contribution in [3.05, 3.63) is 24.0 Å². The molecule has 20 heavy (non-hydrogen) atoms. The number of sulfone groups is 1. The Balaban J connectivity index is 3.29. The van der Waals surface area contributed by atoms with Gasteiger partial charge in [-0.2, -0.15) is 13.2 Å². The Morgan fingerprint density at radius 3 is 2.40 bits per heavy atom. The summed E-state index contributed by atoms with van der Waals surface area (Å²) in [7, 11) is -5.59. The third kappa shape index (κ3) is 3.62. The second-order valence-electron chi connectivity index (χ2n) is 4.42. The van der Waals surface area contributed by atoms with E-state index in [9.17, 15) is 26.0 Å². The zero-order valence-electron chi connectivity index (χ0n) is 11.0. The molecule has 0 aliphatic heterocycles. The normalized spacial score (nSPS) is 14.1. The molecule has 3 nitrogen and oxygen atoms in total. The first kappa shape index (κ1) is 16.7. The number of hydrogen-bond donors (Lipinski definition) is 1. The van der Waals surface area contributed by atoms with Gasteiger partial charge in [-0.1, -0.05) is 13.3 Å². The van der Waals surface area contributed by atoms with Crippen LogP contribution in [0.5, 0.6) is 0 Å². The van der Waals surface area contributed by atoms with Crippen molar-refractivity contribution in [2.45, 2.75) is 43.1 Å². The van der Waals surface area contributed by atoms with Crippen LogP contribution in [0.25, 0.3) is 0 Å². The Morgan fingerprint density at radius 2 is 1.90 bits per heavy atom. The van der Waals surface area contributed by atoms with Crippen molar-refractivity contribution < 1.29 is 26.0 Å². The third-order valence-corrected chi connectivity index (χ3v) is 4.19. The zero-order valence-corrected chi connectivity index (χ0v) is 11.8. The van der Waals surface area contributed by atoms with E-state index in [1.54, 1.807) is 6.92 Å². The molecule has 0 aliphatic rings. The van der Waals surface area contributed by atoms with Crippen molar-refractivity contribution in [3.63, 3.8) is 0 Å². The Bertz CT molecular complexity index is 569. The molecule has 0 saturated carbocycles. The van der Waals surface area contributed by atoms with E-state index in [1.807, 2.05) is 6.92 Å². The van der Waals surface area contributed by atoms with Crippen molar-refractivity contribution in [2.75, 3.05) is 5.32 Å². The Kier molecular flexibility index (Phi) is 5.01. The highest BCUT2D eigenvalue weighted by atomic mass is 32.2. The maximum absolute atomic E-state index is 13.1. The third-order valence-electron chi connectivity index (χ3n) is 2.66. The number of anilines is 1. The summed E-state index contributed by atoms with van der Waals surface area (Å²) in [5.74, 6) is -1.04. The number of halogens is 4. The standard InChI is InChI=1S/C12H15F4NO2S/c1-3-4-8(2)17-10-6-5-9(13)7-11(10)20(18,19)12(14,15)16/h5-8,17H,3-4H2,1-2H3. The zero-order chi connectivity index (χ0) is 15.6. The van der Waals surface area contributed by atoms with E-state index in [-0.39, 0.29) is 11.7 Å². The van der Waals surface area contributed by atoms with Crippen LogP contribution in [0.2, 0.25) is 0 Å². The van der Waals surface area contributed by atoms with Crippen LogP contribution in [0.3, 0.4) is 0 Å². The molecule has 0 aliphatic carbocycles.